The molecule has 0 spiro atoms. The minimum Gasteiger partial charge on any atom is -0.392 e. The maximum Gasteiger partial charge on any atom is 0.0930 e. The van der Waals surface area contributed by atoms with Gasteiger partial charge in [0.25, 0.3) is 0 Å². The van der Waals surface area contributed by atoms with Gasteiger partial charge in [0, 0.05) is 37.1 Å². The van der Waals surface area contributed by atoms with Crippen LogP contribution in [0, 0.1) is 5.92 Å². The van der Waals surface area contributed by atoms with Crippen LogP contribution in [0.15, 0.2) is 6.20 Å². The van der Waals surface area contributed by atoms with Gasteiger partial charge in [0.1, 0.15) is 0 Å². The van der Waals surface area contributed by atoms with Gasteiger partial charge in [0.2, 0.25) is 0 Å². The zero-order chi connectivity index (χ0) is 11.5. The van der Waals surface area contributed by atoms with Crippen molar-refractivity contribution in [1.29, 1.82) is 0 Å². The summed E-state index contributed by atoms with van der Waals surface area (Å²) in [6.07, 6.45) is 3.86. The van der Waals surface area contributed by atoms with Gasteiger partial charge in [-0.25, -0.2) is 4.98 Å². The Bertz CT molecular complexity index is 338. The number of rotatable bonds is 4. The minimum absolute atomic E-state index is 0.122. The quantitative estimate of drug-likeness (QED) is 0.873. The zero-order valence-electron chi connectivity index (χ0n) is 10.0. The molecule has 2 rings (SSSR count). The first-order valence-corrected chi connectivity index (χ1v) is 6.79. The number of hydrogen-bond donors (Lipinski definition) is 1. The first-order chi connectivity index (χ1) is 7.63. The Hall–Kier alpha value is -0.450. The maximum atomic E-state index is 9.45. The van der Waals surface area contributed by atoms with Crippen molar-refractivity contribution >= 4 is 11.3 Å². The third kappa shape index (κ3) is 3.27. The summed E-state index contributed by atoms with van der Waals surface area (Å²) in [6, 6.07) is 0. The number of aromatic nitrogens is 1. The van der Waals surface area contributed by atoms with Gasteiger partial charge in [-0.05, 0) is 12.3 Å². The Labute approximate surface area is 101 Å². The van der Waals surface area contributed by atoms with E-state index in [1.165, 1.54) is 9.88 Å². The number of aliphatic hydroxyl groups excluding tert-OH is 1. The largest absolute Gasteiger partial charge is 0.392 e. The van der Waals surface area contributed by atoms with Crippen molar-refractivity contribution in [1.82, 2.24) is 9.88 Å². The molecule has 16 heavy (non-hydrogen) atoms. The molecule has 1 fully saturated rings. The van der Waals surface area contributed by atoms with Crippen molar-refractivity contribution in [2.75, 3.05) is 13.1 Å². The van der Waals surface area contributed by atoms with Crippen molar-refractivity contribution in [3.63, 3.8) is 0 Å². The first kappa shape index (κ1) is 12.0. The lowest BCUT2D eigenvalue weighted by Crippen LogP contribution is -2.20. The summed E-state index contributed by atoms with van der Waals surface area (Å²) in [5.74, 6) is 0.674. The number of hydrogen-bond acceptors (Lipinski definition) is 4. The molecule has 1 aliphatic heterocycles. The van der Waals surface area contributed by atoms with Crippen LogP contribution < -0.4 is 0 Å². The van der Waals surface area contributed by atoms with E-state index < -0.39 is 0 Å². The van der Waals surface area contributed by atoms with E-state index in [1.807, 2.05) is 17.5 Å². The van der Waals surface area contributed by atoms with Gasteiger partial charge in [-0.15, -0.1) is 11.3 Å². The maximum absolute atomic E-state index is 9.45. The molecule has 0 aliphatic carbocycles. The number of likely N-dealkylation sites (tertiary alicyclic amines) is 1. The molecule has 1 saturated heterocycles. The Morgan fingerprint density at radius 2 is 2.44 bits per heavy atom. The topological polar surface area (TPSA) is 36.4 Å². The summed E-state index contributed by atoms with van der Waals surface area (Å²) in [4.78, 5) is 8.07. The highest BCUT2D eigenvalue weighted by atomic mass is 32.1. The molecule has 3 nitrogen and oxygen atoms in total. The van der Waals surface area contributed by atoms with Gasteiger partial charge in [-0.1, -0.05) is 13.8 Å². The fourth-order valence-electron chi connectivity index (χ4n) is 2.04. The smallest absolute Gasteiger partial charge is 0.0930 e. The highest BCUT2D eigenvalue weighted by Crippen LogP contribution is 2.20. The summed E-state index contributed by atoms with van der Waals surface area (Å²) in [7, 11) is 0. The highest BCUT2D eigenvalue weighted by Gasteiger charge is 2.20. The fourth-order valence-corrected chi connectivity index (χ4v) is 3.22. The molecule has 1 N–H and O–H groups in total. The van der Waals surface area contributed by atoms with Crippen LogP contribution in [0.5, 0.6) is 0 Å². The molecule has 2 heterocycles. The van der Waals surface area contributed by atoms with Gasteiger partial charge < -0.3 is 5.11 Å². The molecule has 90 valence electrons. The third-order valence-electron chi connectivity index (χ3n) is 2.81. The van der Waals surface area contributed by atoms with E-state index in [2.05, 4.69) is 23.7 Å². The summed E-state index contributed by atoms with van der Waals surface area (Å²) < 4.78 is 0. The molecular weight excluding hydrogens is 220 g/mol. The lowest BCUT2D eigenvalue weighted by molar-refractivity contribution is 0.175. The molecule has 0 radical (unpaired) electrons. The van der Waals surface area contributed by atoms with Crippen LogP contribution in [0.25, 0.3) is 0 Å². The van der Waals surface area contributed by atoms with Gasteiger partial charge in [-0.2, -0.15) is 0 Å². The van der Waals surface area contributed by atoms with Crippen molar-refractivity contribution in [2.24, 2.45) is 5.92 Å². The van der Waals surface area contributed by atoms with Crippen LogP contribution >= 0.6 is 11.3 Å². The summed E-state index contributed by atoms with van der Waals surface area (Å²) in [6.45, 7) is 7.22. The van der Waals surface area contributed by atoms with Crippen molar-refractivity contribution in [3.8, 4) is 0 Å². The van der Waals surface area contributed by atoms with Crippen LogP contribution in [0.3, 0.4) is 0 Å². The highest BCUT2D eigenvalue weighted by molar-refractivity contribution is 7.11. The molecular formula is C12H20N2OS. The molecule has 0 amide bonds. The molecule has 0 saturated carbocycles. The van der Waals surface area contributed by atoms with Crippen LogP contribution in [0.4, 0.5) is 0 Å². The lowest BCUT2D eigenvalue weighted by Gasteiger charge is -2.12. The van der Waals surface area contributed by atoms with Crippen molar-refractivity contribution in [2.45, 2.75) is 39.3 Å². The molecule has 0 aromatic carbocycles. The molecule has 1 aliphatic rings. The van der Waals surface area contributed by atoms with Crippen molar-refractivity contribution in [3.05, 3.63) is 16.1 Å². The monoisotopic (exact) mass is 240 g/mol. The number of β-amino-alcohol motifs (C(OH)–C–C–N with tert-alkyl or cyclic N) is 1. The van der Waals surface area contributed by atoms with E-state index in [1.54, 1.807) is 0 Å². The Morgan fingerprint density at radius 3 is 3.06 bits per heavy atom. The summed E-state index contributed by atoms with van der Waals surface area (Å²) in [5.41, 5.74) is 0. The molecule has 1 atom stereocenters. The van der Waals surface area contributed by atoms with E-state index in [4.69, 9.17) is 0 Å². The predicted octanol–water partition coefficient (Wildman–Crippen LogP) is 1.91. The van der Waals surface area contributed by atoms with E-state index in [-0.39, 0.29) is 6.10 Å². The van der Waals surface area contributed by atoms with Crippen LogP contribution in [-0.4, -0.2) is 34.2 Å². The molecule has 0 bridgehead atoms. The average molecular weight is 240 g/mol. The van der Waals surface area contributed by atoms with E-state index >= 15 is 0 Å². The number of aliphatic hydroxyl groups is 1. The number of thiazole rings is 1. The Morgan fingerprint density at radius 1 is 1.62 bits per heavy atom. The fraction of sp³-hybridized carbons (Fsp3) is 0.750. The Kier molecular flexibility index (Phi) is 3.95. The minimum atomic E-state index is -0.122. The summed E-state index contributed by atoms with van der Waals surface area (Å²) in [5, 5.41) is 10.7. The lowest BCUT2D eigenvalue weighted by atomic mass is 10.1. The van der Waals surface area contributed by atoms with E-state index in [0.717, 1.165) is 32.5 Å². The van der Waals surface area contributed by atoms with Gasteiger partial charge in [0.15, 0.2) is 0 Å². The SMILES string of the molecule is CC(C)Cc1ncc(CN2CC[C@H](O)C2)s1. The standard InChI is InChI=1S/C12H20N2OS/c1-9(2)5-12-13-6-11(16-12)8-14-4-3-10(15)7-14/h6,9-10,15H,3-5,7-8H2,1-2H3/t10-/m0/s1. The zero-order valence-corrected chi connectivity index (χ0v) is 10.8. The predicted molar refractivity (Wildman–Crippen MR) is 66.6 cm³/mol. The first-order valence-electron chi connectivity index (χ1n) is 5.97. The third-order valence-corrected chi connectivity index (χ3v) is 3.82. The van der Waals surface area contributed by atoms with E-state index in [0.29, 0.717) is 5.92 Å². The Balaban J connectivity index is 1.87. The van der Waals surface area contributed by atoms with E-state index in [9.17, 15) is 5.11 Å². The normalized spacial score (nSPS) is 22.1. The van der Waals surface area contributed by atoms with Crippen LogP contribution in [0.2, 0.25) is 0 Å². The number of nitrogens with zero attached hydrogens (tertiary/aromatic N) is 2. The van der Waals surface area contributed by atoms with Crippen LogP contribution in [-0.2, 0) is 13.0 Å². The molecule has 0 unspecified atom stereocenters. The summed E-state index contributed by atoms with van der Waals surface area (Å²) >= 11 is 1.81. The van der Waals surface area contributed by atoms with Gasteiger partial charge in [0.05, 0.1) is 11.1 Å². The van der Waals surface area contributed by atoms with Crippen LogP contribution in [0.1, 0.15) is 30.2 Å². The molecule has 4 heteroatoms. The second-order valence-electron chi connectivity index (χ2n) is 5.00. The van der Waals surface area contributed by atoms with Crippen molar-refractivity contribution < 1.29 is 5.11 Å². The second kappa shape index (κ2) is 5.25. The molecule has 1 aromatic heterocycles. The van der Waals surface area contributed by atoms with Gasteiger partial charge in [-0.3, -0.25) is 4.90 Å². The average Bonchev–Trinajstić information content (AvgIpc) is 2.76. The molecule has 1 aromatic rings. The second-order valence-corrected chi connectivity index (χ2v) is 6.20. The van der Waals surface area contributed by atoms with Gasteiger partial charge >= 0.3 is 0 Å².